The number of carbonyl (C=O) groups excluding carboxylic acids is 4. The topological polar surface area (TPSA) is 167 Å². The molecule has 0 aliphatic heterocycles. The normalized spacial score (nSPS) is 10.7. The third kappa shape index (κ3) is 11.7. The molecule has 1 aromatic heterocycles. The number of nitrogens with one attached hydrogen (secondary N) is 1. The molecule has 0 saturated carbocycles. The minimum Gasteiger partial charge on any atom is -0.469 e. The number of halogens is 1. The molecule has 2 amide bonds. The summed E-state index contributed by atoms with van der Waals surface area (Å²) >= 11 is 0. The smallest absolute Gasteiger partial charge is 0.305 e. The number of aryl methyl sites for hydroxylation is 1. The molecule has 3 aromatic rings. The molecule has 0 saturated heterocycles. The molecule has 0 fully saturated rings. The third-order valence-electron chi connectivity index (χ3n) is 6.89. The van der Waals surface area contributed by atoms with Crippen LogP contribution in [0, 0.1) is 24.6 Å². The number of amides is 2. The summed E-state index contributed by atoms with van der Waals surface area (Å²) in [5.74, 6) is 3.20. The number of nitrogen functional groups attached to an aromatic ring is 1. The summed E-state index contributed by atoms with van der Waals surface area (Å²) in [6.07, 6.45) is 3.08. The Balaban J connectivity index is 1.79. The molecule has 47 heavy (non-hydrogen) atoms. The predicted octanol–water partition coefficient (Wildman–Crippen LogP) is 5.06. The van der Waals surface area contributed by atoms with Crippen molar-refractivity contribution in [2.45, 2.75) is 45.4 Å². The first kappa shape index (κ1) is 36.4. The van der Waals surface area contributed by atoms with Crippen LogP contribution < -0.4 is 11.1 Å². The van der Waals surface area contributed by atoms with Crippen LogP contribution in [0.1, 0.15) is 75.9 Å². The van der Waals surface area contributed by atoms with E-state index in [4.69, 9.17) is 5.73 Å². The summed E-state index contributed by atoms with van der Waals surface area (Å²) in [6.45, 7) is 1.76. The Bertz CT molecular complexity index is 1790. The third-order valence-corrected chi connectivity index (χ3v) is 9.24. The van der Waals surface area contributed by atoms with Crippen LogP contribution in [0.4, 0.5) is 15.9 Å². The van der Waals surface area contributed by atoms with Crippen molar-refractivity contribution in [1.82, 2.24) is 4.98 Å². The summed E-state index contributed by atoms with van der Waals surface area (Å²) in [5, 5.41) is 2.66. The lowest BCUT2D eigenvalue weighted by Crippen LogP contribution is -2.15. The largest absolute Gasteiger partial charge is 0.469 e. The number of benzene rings is 2. The van der Waals surface area contributed by atoms with Crippen molar-refractivity contribution in [2.75, 3.05) is 36.8 Å². The second-order valence-corrected chi connectivity index (χ2v) is 13.1. The second-order valence-electron chi connectivity index (χ2n) is 10.6. The number of esters is 2. The van der Waals surface area contributed by atoms with Crippen molar-refractivity contribution >= 4 is 45.0 Å². The molecule has 1 heterocycles. The summed E-state index contributed by atoms with van der Waals surface area (Å²) < 4.78 is 41.3. The van der Waals surface area contributed by atoms with Gasteiger partial charge in [-0.2, -0.15) is 4.36 Å². The number of nitrogens with zero attached hydrogens (tertiary/aromatic N) is 2. The summed E-state index contributed by atoms with van der Waals surface area (Å²) in [5.41, 5.74) is 7.82. The van der Waals surface area contributed by atoms with E-state index in [9.17, 15) is 27.8 Å². The standard InChI is InChI=1S/C34H37FN4O7S/c1-23-13-16-29(35)28(19-23)34(43)38-27-10-8-9-24(20-27)14-15-25-21-26(22-37-32(25)36)33(42)39-47(44,17-6-4-11-30(40)45-2)18-7-5-12-31(41)46-3/h8-10,13,16,19-22H,4-7,11-12,17-18H2,1-3H3,(H2,36,37)(H,38,43). The number of hydrogen-bond acceptors (Lipinski definition) is 9. The van der Waals surface area contributed by atoms with E-state index >= 15 is 0 Å². The molecule has 0 atom stereocenters. The van der Waals surface area contributed by atoms with E-state index in [0.717, 1.165) is 5.56 Å². The van der Waals surface area contributed by atoms with Crippen LogP contribution >= 0.6 is 0 Å². The highest BCUT2D eigenvalue weighted by molar-refractivity contribution is 7.93. The number of nitrogens with two attached hydrogens (primary N) is 1. The number of hydrogen-bond donors (Lipinski definition) is 2. The SMILES string of the molecule is COC(=O)CCCCS(=O)(CCCCC(=O)OC)=NC(=O)c1cnc(N)c(C#Cc2cccc(NC(=O)c3cc(C)ccc3F)c2)c1. The molecule has 11 nitrogen and oxygen atoms in total. The van der Waals surface area contributed by atoms with E-state index in [1.165, 1.54) is 38.6 Å². The van der Waals surface area contributed by atoms with Crippen molar-refractivity contribution in [3.8, 4) is 11.8 Å². The van der Waals surface area contributed by atoms with Crippen LogP contribution in [0.5, 0.6) is 0 Å². The zero-order valence-electron chi connectivity index (χ0n) is 26.5. The average Bonchev–Trinajstić information content (AvgIpc) is 3.05. The summed E-state index contributed by atoms with van der Waals surface area (Å²) in [7, 11) is -0.475. The van der Waals surface area contributed by atoms with Gasteiger partial charge in [-0.3, -0.25) is 19.2 Å². The summed E-state index contributed by atoms with van der Waals surface area (Å²) in [4.78, 5) is 52.8. The van der Waals surface area contributed by atoms with E-state index in [0.29, 0.717) is 36.9 Å². The van der Waals surface area contributed by atoms with Gasteiger partial charge in [0.15, 0.2) is 0 Å². The first-order valence-corrected chi connectivity index (χ1v) is 16.6. The van der Waals surface area contributed by atoms with E-state index in [-0.39, 0.29) is 46.9 Å². The highest BCUT2D eigenvalue weighted by Gasteiger charge is 2.17. The van der Waals surface area contributed by atoms with Gasteiger partial charge in [0.05, 0.1) is 40.6 Å². The number of ether oxygens (including phenoxy) is 2. The van der Waals surface area contributed by atoms with Crippen LogP contribution in [0.25, 0.3) is 0 Å². The minimum absolute atomic E-state index is 0.0292. The maximum Gasteiger partial charge on any atom is 0.305 e. The highest BCUT2D eigenvalue weighted by Crippen LogP contribution is 2.17. The Morgan fingerprint density at radius 2 is 1.60 bits per heavy atom. The van der Waals surface area contributed by atoms with Gasteiger partial charge in [0.2, 0.25) is 0 Å². The van der Waals surface area contributed by atoms with Gasteiger partial charge in [-0.15, -0.1) is 0 Å². The fraction of sp³-hybridized carbons (Fsp3) is 0.324. The van der Waals surface area contributed by atoms with Crippen LogP contribution in [0.2, 0.25) is 0 Å². The summed E-state index contributed by atoms with van der Waals surface area (Å²) in [6, 6.07) is 12.3. The maximum absolute atomic E-state index is 14.2. The fourth-order valence-corrected chi connectivity index (χ4v) is 6.42. The van der Waals surface area contributed by atoms with Gasteiger partial charge in [-0.1, -0.05) is 29.5 Å². The predicted molar refractivity (Wildman–Crippen MR) is 177 cm³/mol. The van der Waals surface area contributed by atoms with Crippen molar-refractivity contribution in [2.24, 2.45) is 4.36 Å². The zero-order chi connectivity index (χ0) is 34.4. The Hall–Kier alpha value is -5.09. The molecule has 2 aromatic carbocycles. The maximum atomic E-state index is 14.2. The molecule has 0 radical (unpaired) electrons. The van der Waals surface area contributed by atoms with Crippen molar-refractivity contribution in [3.63, 3.8) is 0 Å². The molecule has 3 N–H and O–H groups in total. The van der Waals surface area contributed by atoms with Crippen molar-refractivity contribution < 1.29 is 37.3 Å². The highest BCUT2D eigenvalue weighted by atomic mass is 32.2. The van der Waals surface area contributed by atoms with Crippen LogP contribution in [-0.2, 0) is 28.8 Å². The molecular formula is C34H37FN4O7S. The number of aromatic nitrogens is 1. The number of pyridine rings is 1. The molecular weight excluding hydrogens is 627 g/mol. The molecule has 13 heteroatoms. The van der Waals surface area contributed by atoms with E-state index in [1.54, 1.807) is 37.3 Å². The van der Waals surface area contributed by atoms with Gasteiger partial charge in [-0.05, 0) is 69.0 Å². The Morgan fingerprint density at radius 1 is 0.936 bits per heavy atom. The van der Waals surface area contributed by atoms with Gasteiger partial charge >= 0.3 is 11.9 Å². The average molecular weight is 665 g/mol. The van der Waals surface area contributed by atoms with Gasteiger partial charge in [0, 0.05) is 41.8 Å². The van der Waals surface area contributed by atoms with E-state index < -0.39 is 39.3 Å². The van der Waals surface area contributed by atoms with Gasteiger partial charge < -0.3 is 20.5 Å². The minimum atomic E-state index is -3.05. The first-order chi connectivity index (χ1) is 22.4. The fourth-order valence-electron chi connectivity index (χ4n) is 4.31. The molecule has 0 spiro atoms. The van der Waals surface area contributed by atoms with E-state index in [1.807, 2.05) is 0 Å². The van der Waals surface area contributed by atoms with Crippen LogP contribution in [0.3, 0.4) is 0 Å². The Labute approximate surface area is 273 Å². The zero-order valence-corrected chi connectivity index (χ0v) is 27.3. The lowest BCUT2D eigenvalue weighted by molar-refractivity contribution is -0.141. The van der Waals surface area contributed by atoms with Gasteiger partial charge in [0.1, 0.15) is 11.6 Å². The van der Waals surface area contributed by atoms with Crippen molar-refractivity contribution in [3.05, 3.63) is 88.4 Å². The van der Waals surface area contributed by atoms with Gasteiger partial charge in [-0.25, -0.2) is 13.6 Å². The Morgan fingerprint density at radius 3 is 2.23 bits per heavy atom. The lowest BCUT2D eigenvalue weighted by Gasteiger charge is -2.10. The van der Waals surface area contributed by atoms with Crippen LogP contribution in [-0.4, -0.2) is 58.7 Å². The van der Waals surface area contributed by atoms with Crippen molar-refractivity contribution in [1.29, 1.82) is 0 Å². The van der Waals surface area contributed by atoms with Crippen LogP contribution in [0.15, 0.2) is 59.1 Å². The lowest BCUT2D eigenvalue weighted by atomic mass is 10.1. The molecule has 0 aliphatic rings. The molecule has 0 unspecified atom stereocenters. The number of carbonyl (C=O) groups is 4. The monoisotopic (exact) mass is 664 g/mol. The quantitative estimate of drug-likeness (QED) is 0.144. The first-order valence-electron chi connectivity index (χ1n) is 14.8. The van der Waals surface area contributed by atoms with Gasteiger partial charge in [0.25, 0.3) is 11.8 Å². The number of rotatable bonds is 13. The molecule has 3 rings (SSSR count). The second kappa shape index (κ2) is 17.6. The number of methoxy groups -OCH3 is 2. The van der Waals surface area contributed by atoms with E-state index in [2.05, 4.69) is 36.0 Å². The molecule has 0 bridgehead atoms. The number of anilines is 2. The Kier molecular flexibility index (Phi) is 13.6. The molecule has 0 aliphatic carbocycles. The molecule has 248 valence electrons. The number of unbranched alkanes of at least 4 members (excludes halogenated alkanes) is 2.